The first-order valence-electron chi connectivity index (χ1n) is 6.50. The number of hydrogen-bond donors (Lipinski definition) is 0. The normalized spacial score (nSPS) is 24.2. The fraction of sp³-hybridized carbons (Fsp3) is 0.615. The van der Waals surface area contributed by atoms with Crippen LogP contribution >= 0.6 is 0 Å². The first-order chi connectivity index (χ1) is 8.80. The standard InChI is InChI=1S/C13H18BNO4/c1-12(2)13(3,4)19-14(18-12)10-6-5-9-8-17-11(16)7-15(9)10/h5-6H,7-8H2,1-4H3. The Morgan fingerprint density at radius 3 is 2.42 bits per heavy atom. The van der Waals surface area contributed by atoms with E-state index in [4.69, 9.17) is 14.0 Å². The van der Waals surface area contributed by atoms with Crippen LogP contribution in [0.15, 0.2) is 12.1 Å². The number of fused-ring (bicyclic) bond motifs is 1. The molecule has 3 heterocycles. The number of hydrogen-bond acceptors (Lipinski definition) is 4. The Bertz CT molecular complexity index is 519. The quantitative estimate of drug-likeness (QED) is 0.556. The molecule has 2 aliphatic rings. The molecule has 1 aromatic heterocycles. The lowest BCUT2D eigenvalue weighted by atomic mass is 9.84. The molecule has 1 saturated heterocycles. The number of carbonyl (C=O) groups is 1. The van der Waals surface area contributed by atoms with Gasteiger partial charge in [0.15, 0.2) is 0 Å². The lowest BCUT2D eigenvalue weighted by Crippen LogP contribution is -2.42. The number of aromatic nitrogens is 1. The minimum atomic E-state index is -0.440. The second-order valence-corrected chi connectivity index (χ2v) is 6.08. The van der Waals surface area contributed by atoms with Gasteiger partial charge in [-0.05, 0) is 39.8 Å². The van der Waals surface area contributed by atoms with Gasteiger partial charge in [-0.25, -0.2) is 0 Å². The molecule has 0 N–H and O–H groups in total. The summed E-state index contributed by atoms with van der Waals surface area (Å²) in [7, 11) is -0.440. The molecule has 0 spiro atoms. The molecule has 5 nitrogen and oxygen atoms in total. The van der Waals surface area contributed by atoms with Crippen molar-refractivity contribution in [1.82, 2.24) is 4.57 Å². The van der Waals surface area contributed by atoms with E-state index in [1.165, 1.54) is 0 Å². The molecule has 6 heteroatoms. The highest BCUT2D eigenvalue weighted by molar-refractivity contribution is 6.61. The van der Waals surface area contributed by atoms with Crippen molar-refractivity contribution in [1.29, 1.82) is 0 Å². The van der Waals surface area contributed by atoms with E-state index >= 15 is 0 Å². The summed E-state index contributed by atoms with van der Waals surface area (Å²) >= 11 is 0. The maximum atomic E-state index is 11.4. The fourth-order valence-corrected chi connectivity index (χ4v) is 2.34. The summed E-state index contributed by atoms with van der Waals surface area (Å²) in [5.41, 5.74) is 1.10. The average Bonchev–Trinajstić information content (AvgIpc) is 2.77. The van der Waals surface area contributed by atoms with Gasteiger partial charge >= 0.3 is 13.1 Å². The highest BCUT2D eigenvalue weighted by atomic mass is 16.7. The van der Waals surface area contributed by atoms with Crippen LogP contribution in [0.3, 0.4) is 0 Å². The Labute approximate surface area is 113 Å². The summed E-state index contributed by atoms with van der Waals surface area (Å²) in [6.07, 6.45) is 0. The second kappa shape index (κ2) is 3.87. The van der Waals surface area contributed by atoms with Crippen LogP contribution in [0, 0.1) is 0 Å². The van der Waals surface area contributed by atoms with Crippen LogP contribution in [0.1, 0.15) is 33.4 Å². The van der Waals surface area contributed by atoms with Crippen molar-refractivity contribution in [2.75, 3.05) is 0 Å². The van der Waals surface area contributed by atoms with E-state index in [1.807, 2.05) is 44.4 Å². The zero-order chi connectivity index (χ0) is 13.8. The molecular weight excluding hydrogens is 245 g/mol. The summed E-state index contributed by atoms with van der Waals surface area (Å²) < 4.78 is 19.0. The summed E-state index contributed by atoms with van der Waals surface area (Å²) in [5, 5.41) is 0. The number of ether oxygens (including phenoxy) is 1. The van der Waals surface area contributed by atoms with E-state index in [1.54, 1.807) is 0 Å². The van der Waals surface area contributed by atoms with Gasteiger partial charge in [-0.3, -0.25) is 4.79 Å². The molecule has 0 amide bonds. The van der Waals surface area contributed by atoms with Crippen LogP contribution in [0.5, 0.6) is 0 Å². The zero-order valence-electron chi connectivity index (χ0n) is 11.7. The van der Waals surface area contributed by atoms with Gasteiger partial charge in [0, 0.05) is 5.59 Å². The smallest absolute Gasteiger partial charge is 0.458 e. The largest absolute Gasteiger partial charge is 0.512 e. The first-order valence-corrected chi connectivity index (χ1v) is 6.50. The van der Waals surface area contributed by atoms with Crippen LogP contribution in [-0.2, 0) is 32.0 Å². The molecule has 0 atom stereocenters. The maximum Gasteiger partial charge on any atom is 0.512 e. The van der Waals surface area contributed by atoms with Crippen molar-refractivity contribution in [3.8, 4) is 0 Å². The monoisotopic (exact) mass is 263 g/mol. The number of carbonyl (C=O) groups excluding carboxylic acids is 1. The van der Waals surface area contributed by atoms with Crippen LogP contribution in [0.2, 0.25) is 0 Å². The van der Waals surface area contributed by atoms with Crippen molar-refractivity contribution in [2.24, 2.45) is 0 Å². The number of cyclic esters (lactones) is 1. The molecule has 102 valence electrons. The molecular formula is C13H18BNO4. The Balaban J connectivity index is 1.93. The van der Waals surface area contributed by atoms with Gasteiger partial charge in [-0.2, -0.15) is 0 Å². The maximum absolute atomic E-state index is 11.4. The van der Waals surface area contributed by atoms with E-state index < -0.39 is 7.12 Å². The molecule has 3 rings (SSSR count). The van der Waals surface area contributed by atoms with Crippen molar-refractivity contribution >= 4 is 18.7 Å². The first kappa shape index (κ1) is 12.8. The van der Waals surface area contributed by atoms with E-state index in [0.717, 1.165) is 11.3 Å². The number of rotatable bonds is 1. The third kappa shape index (κ3) is 1.90. The third-order valence-electron chi connectivity index (χ3n) is 4.27. The number of nitrogens with zero attached hydrogens (tertiary/aromatic N) is 1. The van der Waals surface area contributed by atoms with Crippen LogP contribution in [0.25, 0.3) is 0 Å². The van der Waals surface area contributed by atoms with Gasteiger partial charge in [0.25, 0.3) is 0 Å². The Morgan fingerprint density at radius 1 is 1.16 bits per heavy atom. The van der Waals surface area contributed by atoms with Crippen molar-refractivity contribution in [2.45, 2.75) is 52.0 Å². The molecule has 0 aromatic carbocycles. The molecule has 0 bridgehead atoms. The zero-order valence-corrected chi connectivity index (χ0v) is 11.7. The summed E-state index contributed by atoms with van der Waals surface area (Å²) in [4.78, 5) is 11.4. The Kier molecular flexibility index (Phi) is 2.60. The van der Waals surface area contributed by atoms with Gasteiger partial charge < -0.3 is 18.6 Å². The molecule has 0 saturated carbocycles. The lowest BCUT2D eigenvalue weighted by Gasteiger charge is -2.32. The van der Waals surface area contributed by atoms with Crippen molar-refractivity contribution < 1.29 is 18.8 Å². The highest BCUT2D eigenvalue weighted by Crippen LogP contribution is 2.36. The number of esters is 1. The van der Waals surface area contributed by atoms with Gasteiger partial charge in [-0.15, -0.1) is 0 Å². The van der Waals surface area contributed by atoms with Gasteiger partial charge in [0.1, 0.15) is 13.2 Å². The van der Waals surface area contributed by atoms with E-state index in [0.29, 0.717) is 6.61 Å². The van der Waals surface area contributed by atoms with Gasteiger partial charge in [0.05, 0.1) is 16.9 Å². The SMILES string of the molecule is CC1(C)OB(c2ccc3n2CC(=O)OC3)OC1(C)C. The van der Waals surface area contributed by atoms with Gasteiger partial charge in [-0.1, -0.05) is 0 Å². The average molecular weight is 263 g/mol. The van der Waals surface area contributed by atoms with Crippen molar-refractivity contribution in [3.05, 3.63) is 17.8 Å². The van der Waals surface area contributed by atoms with Crippen LogP contribution in [-0.4, -0.2) is 28.9 Å². The molecule has 0 aliphatic carbocycles. The molecule has 19 heavy (non-hydrogen) atoms. The van der Waals surface area contributed by atoms with Crippen LogP contribution in [0.4, 0.5) is 0 Å². The minimum Gasteiger partial charge on any atom is -0.458 e. The Morgan fingerprint density at radius 2 is 1.79 bits per heavy atom. The lowest BCUT2D eigenvalue weighted by molar-refractivity contribution is -0.148. The topological polar surface area (TPSA) is 49.7 Å². The molecule has 0 unspecified atom stereocenters. The molecule has 1 aromatic rings. The molecule has 1 fully saturated rings. The Hall–Kier alpha value is -1.27. The molecule has 0 radical (unpaired) electrons. The van der Waals surface area contributed by atoms with E-state index in [2.05, 4.69) is 0 Å². The van der Waals surface area contributed by atoms with Gasteiger partial charge in [0.2, 0.25) is 0 Å². The van der Waals surface area contributed by atoms with E-state index in [9.17, 15) is 4.79 Å². The summed E-state index contributed by atoms with van der Waals surface area (Å²) in [6, 6.07) is 3.90. The minimum absolute atomic E-state index is 0.221. The summed E-state index contributed by atoms with van der Waals surface area (Å²) in [6.45, 7) is 8.60. The van der Waals surface area contributed by atoms with Crippen LogP contribution < -0.4 is 5.59 Å². The van der Waals surface area contributed by atoms with Crippen molar-refractivity contribution in [3.63, 3.8) is 0 Å². The second-order valence-electron chi connectivity index (χ2n) is 6.08. The fourth-order valence-electron chi connectivity index (χ4n) is 2.34. The molecule has 2 aliphatic heterocycles. The highest BCUT2D eigenvalue weighted by Gasteiger charge is 2.52. The predicted octanol–water partition coefficient (Wildman–Crippen LogP) is 0.844. The third-order valence-corrected chi connectivity index (χ3v) is 4.27. The predicted molar refractivity (Wildman–Crippen MR) is 69.9 cm³/mol. The summed E-state index contributed by atoms with van der Waals surface area (Å²) in [5.74, 6) is -0.221. The van der Waals surface area contributed by atoms with E-state index in [-0.39, 0.29) is 23.7 Å².